The molecule has 6 rings (SSSR count). The Morgan fingerprint density at radius 3 is 1.60 bits per heavy atom. The van der Waals surface area contributed by atoms with Crippen LogP contribution >= 0.6 is 0 Å². The van der Waals surface area contributed by atoms with E-state index in [1.807, 2.05) is 60.7 Å². The standard InChI is InChI=1S/C32H23N3/c1-22-16-18-24(19-17-22)29-27-15-9-8-10-23(27)20-21-28(29)32-34-30(25-11-4-2-5-12-25)33-31(35-32)26-13-6-3-7-14-26/h2-21H,1H3. The van der Waals surface area contributed by atoms with Crippen LogP contribution in [-0.2, 0) is 0 Å². The molecule has 0 aliphatic carbocycles. The molecule has 0 aliphatic heterocycles. The Kier molecular flexibility index (Phi) is 5.36. The predicted molar refractivity (Wildman–Crippen MR) is 144 cm³/mol. The highest BCUT2D eigenvalue weighted by atomic mass is 15.0. The number of aromatic nitrogens is 3. The van der Waals surface area contributed by atoms with Crippen LogP contribution in [0.4, 0.5) is 0 Å². The van der Waals surface area contributed by atoms with Crippen LogP contribution in [0.3, 0.4) is 0 Å². The number of rotatable bonds is 4. The van der Waals surface area contributed by atoms with E-state index in [4.69, 9.17) is 15.0 Å². The van der Waals surface area contributed by atoms with Crippen LogP contribution in [0.25, 0.3) is 56.1 Å². The van der Waals surface area contributed by atoms with Gasteiger partial charge in [-0.15, -0.1) is 0 Å². The van der Waals surface area contributed by atoms with Crippen molar-refractivity contribution in [3.05, 3.63) is 127 Å². The molecule has 0 saturated heterocycles. The summed E-state index contributed by atoms with van der Waals surface area (Å²) in [5.41, 5.74) is 6.42. The molecule has 1 heterocycles. The van der Waals surface area contributed by atoms with E-state index in [1.165, 1.54) is 16.3 Å². The molecule has 1 aromatic heterocycles. The minimum absolute atomic E-state index is 0.664. The fourth-order valence-corrected chi connectivity index (χ4v) is 4.42. The molecule has 3 heteroatoms. The minimum Gasteiger partial charge on any atom is -0.208 e. The van der Waals surface area contributed by atoms with E-state index >= 15 is 0 Å². The normalized spacial score (nSPS) is 11.0. The average molecular weight is 450 g/mol. The maximum absolute atomic E-state index is 4.99. The van der Waals surface area contributed by atoms with Crippen molar-refractivity contribution in [2.75, 3.05) is 0 Å². The molecule has 0 N–H and O–H groups in total. The van der Waals surface area contributed by atoms with E-state index < -0.39 is 0 Å². The van der Waals surface area contributed by atoms with Gasteiger partial charge in [-0.3, -0.25) is 0 Å². The van der Waals surface area contributed by atoms with Crippen LogP contribution in [0.15, 0.2) is 121 Å². The van der Waals surface area contributed by atoms with Crippen LogP contribution in [0.1, 0.15) is 5.56 Å². The summed E-state index contributed by atoms with van der Waals surface area (Å²) in [4.78, 5) is 14.8. The molecule has 0 aliphatic rings. The molecule has 0 saturated carbocycles. The van der Waals surface area contributed by atoms with Crippen LogP contribution < -0.4 is 0 Å². The second-order valence-electron chi connectivity index (χ2n) is 8.61. The van der Waals surface area contributed by atoms with Crippen molar-refractivity contribution in [2.45, 2.75) is 6.92 Å². The highest BCUT2D eigenvalue weighted by Crippen LogP contribution is 2.38. The molecule has 6 aromatic rings. The Bertz CT molecular complexity index is 1570. The SMILES string of the molecule is Cc1ccc(-c2c(-c3nc(-c4ccccc4)nc(-c4ccccc4)n3)ccc3ccccc23)cc1. The Morgan fingerprint density at radius 1 is 0.429 bits per heavy atom. The second-order valence-corrected chi connectivity index (χ2v) is 8.61. The van der Waals surface area contributed by atoms with Crippen molar-refractivity contribution in [1.29, 1.82) is 0 Å². The summed E-state index contributed by atoms with van der Waals surface area (Å²) in [6.07, 6.45) is 0. The van der Waals surface area contributed by atoms with Crippen molar-refractivity contribution < 1.29 is 0 Å². The van der Waals surface area contributed by atoms with Gasteiger partial charge in [-0.25, -0.2) is 15.0 Å². The lowest BCUT2D eigenvalue weighted by Gasteiger charge is -2.15. The van der Waals surface area contributed by atoms with Crippen LogP contribution in [-0.4, -0.2) is 15.0 Å². The molecule has 0 radical (unpaired) electrons. The van der Waals surface area contributed by atoms with Crippen molar-refractivity contribution >= 4 is 10.8 Å². The number of fused-ring (bicyclic) bond motifs is 1. The zero-order valence-electron chi connectivity index (χ0n) is 19.4. The van der Waals surface area contributed by atoms with Gasteiger partial charge in [0.2, 0.25) is 0 Å². The highest BCUT2D eigenvalue weighted by Gasteiger charge is 2.17. The van der Waals surface area contributed by atoms with E-state index in [1.54, 1.807) is 0 Å². The lowest BCUT2D eigenvalue weighted by atomic mass is 9.92. The molecular weight excluding hydrogens is 426 g/mol. The summed E-state index contributed by atoms with van der Waals surface area (Å²) in [6, 6.07) is 41.6. The summed E-state index contributed by atoms with van der Waals surface area (Å²) in [5.74, 6) is 1.99. The maximum atomic E-state index is 4.99. The molecule has 0 atom stereocenters. The first-order chi connectivity index (χ1) is 17.3. The number of hydrogen-bond donors (Lipinski definition) is 0. The number of aryl methyl sites for hydroxylation is 1. The van der Waals surface area contributed by atoms with E-state index in [0.29, 0.717) is 17.5 Å². The van der Waals surface area contributed by atoms with E-state index in [-0.39, 0.29) is 0 Å². The Labute approximate surface area is 204 Å². The molecule has 166 valence electrons. The zero-order valence-corrected chi connectivity index (χ0v) is 19.4. The molecular formula is C32H23N3. The summed E-state index contributed by atoms with van der Waals surface area (Å²) in [6.45, 7) is 2.11. The molecule has 0 spiro atoms. The first-order valence-corrected chi connectivity index (χ1v) is 11.7. The molecule has 3 nitrogen and oxygen atoms in total. The van der Waals surface area contributed by atoms with E-state index in [0.717, 1.165) is 27.8 Å². The number of benzene rings is 5. The third kappa shape index (κ3) is 4.09. The molecule has 5 aromatic carbocycles. The molecule has 0 fully saturated rings. The fraction of sp³-hybridized carbons (Fsp3) is 0.0312. The smallest absolute Gasteiger partial charge is 0.164 e. The third-order valence-electron chi connectivity index (χ3n) is 6.21. The first kappa shape index (κ1) is 20.9. The molecule has 35 heavy (non-hydrogen) atoms. The Hall–Kier alpha value is -4.63. The number of nitrogens with zero attached hydrogens (tertiary/aromatic N) is 3. The molecule has 0 unspecified atom stereocenters. The summed E-state index contributed by atoms with van der Waals surface area (Å²) >= 11 is 0. The van der Waals surface area contributed by atoms with Crippen molar-refractivity contribution in [3.63, 3.8) is 0 Å². The largest absolute Gasteiger partial charge is 0.208 e. The van der Waals surface area contributed by atoms with Gasteiger partial charge in [-0.2, -0.15) is 0 Å². The maximum Gasteiger partial charge on any atom is 0.164 e. The quantitative estimate of drug-likeness (QED) is 0.274. The highest BCUT2D eigenvalue weighted by molar-refractivity contribution is 6.03. The topological polar surface area (TPSA) is 38.7 Å². The summed E-state index contributed by atoms with van der Waals surface area (Å²) in [5, 5.41) is 2.37. The van der Waals surface area contributed by atoms with Crippen molar-refractivity contribution in [3.8, 4) is 45.3 Å². The third-order valence-corrected chi connectivity index (χ3v) is 6.21. The minimum atomic E-state index is 0.664. The molecule has 0 bridgehead atoms. The fourth-order valence-electron chi connectivity index (χ4n) is 4.42. The van der Waals surface area contributed by atoms with Crippen molar-refractivity contribution in [1.82, 2.24) is 15.0 Å². The van der Waals surface area contributed by atoms with Gasteiger partial charge in [0, 0.05) is 22.3 Å². The second kappa shape index (κ2) is 8.96. The zero-order chi connectivity index (χ0) is 23.6. The van der Waals surface area contributed by atoms with E-state index in [2.05, 4.69) is 67.6 Å². The van der Waals surface area contributed by atoms with Gasteiger partial charge >= 0.3 is 0 Å². The van der Waals surface area contributed by atoms with Crippen LogP contribution in [0, 0.1) is 6.92 Å². The van der Waals surface area contributed by atoms with Gasteiger partial charge in [-0.1, -0.05) is 121 Å². The number of hydrogen-bond acceptors (Lipinski definition) is 3. The monoisotopic (exact) mass is 449 g/mol. The first-order valence-electron chi connectivity index (χ1n) is 11.7. The van der Waals surface area contributed by atoms with E-state index in [9.17, 15) is 0 Å². The molecule has 0 amide bonds. The van der Waals surface area contributed by atoms with Crippen LogP contribution in [0.2, 0.25) is 0 Å². The summed E-state index contributed by atoms with van der Waals surface area (Å²) in [7, 11) is 0. The van der Waals surface area contributed by atoms with Gasteiger partial charge in [0.05, 0.1) is 0 Å². The lowest BCUT2D eigenvalue weighted by molar-refractivity contribution is 1.07. The van der Waals surface area contributed by atoms with Crippen molar-refractivity contribution in [2.24, 2.45) is 0 Å². The Morgan fingerprint density at radius 2 is 0.971 bits per heavy atom. The van der Waals surface area contributed by atoms with Gasteiger partial charge in [0.1, 0.15) is 0 Å². The van der Waals surface area contributed by atoms with Gasteiger partial charge in [0.15, 0.2) is 17.5 Å². The predicted octanol–water partition coefficient (Wildman–Crippen LogP) is 8.00. The Balaban J connectivity index is 1.65. The van der Waals surface area contributed by atoms with Gasteiger partial charge < -0.3 is 0 Å². The lowest BCUT2D eigenvalue weighted by Crippen LogP contribution is -2.01. The average Bonchev–Trinajstić information content (AvgIpc) is 2.94. The van der Waals surface area contributed by atoms with Crippen LogP contribution in [0.5, 0.6) is 0 Å². The van der Waals surface area contributed by atoms with Gasteiger partial charge in [-0.05, 0) is 29.3 Å². The summed E-state index contributed by atoms with van der Waals surface area (Å²) < 4.78 is 0. The van der Waals surface area contributed by atoms with Gasteiger partial charge in [0.25, 0.3) is 0 Å².